The van der Waals surface area contributed by atoms with Gasteiger partial charge < -0.3 is 10.5 Å². The van der Waals surface area contributed by atoms with Crippen LogP contribution in [0.5, 0.6) is 0 Å². The number of hydrogen-bond acceptors (Lipinski definition) is 4. The van der Waals surface area contributed by atoms with E-state index in [0.717, 1.165) is 42.5 Å². The van der Waals surface area contributed by atoms with Crippen molar-refractivity contribution in [2.75, 3.05) is 19.7 Å². The third kappa shape index (κ3) is 2.97. The van der Waals surface area contributed by atoms with Gasteiger partial charge in [-0.3, -0.25) is 9.58 Å². The Bertz CT molecular complexity index is 504. The minimum atomic E-state index is -0.0366. The summed E-state index contributed by atoms with van der Waals surface area (Å²) in [6, 6.07) is 0.575. The summed E-state index contributed by atoms with van der Waals surface area (Å²) in [6.45, 7) is 7.78. The van der Waals surface area contributed by atoms with Crippen molar-refractivity contribution in [2.45, 2.75) is 57.8 Å². The smallest absolute Gasteiger partial charge is 0.0857 e. The summed E-state index contributed by atoms with van der Waals surface area (Å²) in [7, 11) is 0. The summed E-state index contributed by atoms with van der Waals surface area (Å²) in [5.74, 6) is 0. The van der Waals surface area contributed by atoms with Gasteiger partial charge in [-0.25, -0.2) is 0 Å². The van der Waals surface area contributed by atoms with Crippen LogP contribution >= 0.6 is 11.6 Å². The number of hydrogen-bond donors (Lipinski definition) is 1. The number of halogens is 1. The molecule has 2 aliphatic rings. The van der Waals surface area contributed by atoms with E-state index in [1.54, 1.807) is 0 Å². The van der Waals surface area contributed by atoms with Crippen LogP contribution in [0.25, 0.3) is 0 Å². The molecule has 3 atom stereocenters. The first-order chi connectivity index (χ1) is 10.1. The molecule has 2 N–H and O–H groups in total. The van der Waals surface area contributed by atoms with Crippen LogP contribution < -0.4 is 5.73 Å². The molecule has 3 heterocycles. The van der Waals surface area contributed by atoms with Gasteiger partial charge in [0, 0.05) is 31.6 Å². The van der Waals surface area contributed by atoms with E-state index in [9.17, 15) is 0 Å². The van der Waals surface area contributed by atoms with Crippen LogP contribution in [-0.2, 0) is 17.7 Å². The molecule has 6 heteroatoms. The van der Waals surface area contributed by atoms with E-state index in [0.29, 0.717) is 6.04 Å². The van der Waals surface area contributed by atoms with Crippen LogP contribution in [0, 0.1) is 6.92 Å². The van der Waals surface area contributed by atoms with Crippen molar-refractivity contribution >= 4 is 11.6 Å². The van der Waals surface area contributed by atoms with Crippen molar-refractivity contribution in [1.29, 1.82) is 0 Å². The quantitative estimate of drug-likeness (QED) is 0.917. The number of nitrogens with two attached hydrogens (primary N) is 1. The highest BCUT2D eigenvalue weighted by Crippen LogP contribution is 2.26. The van der Waals surface area contributed by atoms with E-state index in [4.69, 9.17) is 22.1 Å². The lowest BCUT2D eigenvalue weighted by Gasteiger charge is -2.37. The van der Waals surface area contributed by atoms with E-state index >= 15 is 0 Å². The van der Waals surface area contributed by atoms with E-state index in [2.05, 4.69) is 16.9 Å². The van der Waals surface area contributed by atoms with Gasteiger partial charge in [-0.1, -0.05) is 11.6 Å². The average Bonchev–Trinajstić information content (AvgIpc) is 3.05. The van der Waals surface area contributed by atoms with Crippen LogP contribution in [0.1, 0.15) is 31.2 Å². The van der Waals surface area contributed by atoms with Crippen LogP contribution in [0.3, 0.4) is 0 Å². The Kier molecular flexibility index (Phi) is 4.54. The molecule has 0 bridgehead atoms. The maximum atomic E-state index is 6.41. The SMILES string of the molecule is CCn1nc(C)c(Cl)c1CC(N)C1CN2CCCC2CO1. The lowest BCUT2D eigenvalue weighted by atomic mass is 10.0. The summed E-state index contributed by atoms with van der Waals surface area (Å²) in [4.78, 5) is 2.53. The zero-order valence-corrected chi connectivity index (χ0v) is 13.6. The second kappa shape index (κ2) is 6.24. The average molecular weight is 313 g/mol. The van der Waals surface area contributed by atoms with E-state index in [1.807, 2.05) is 11.6 Å². The molecule has 2 aliphatic heterocycles. The van der Waals surface area contributed by atoms with Crippen molar-refractivity contribution in [1.82, 2.24) is 14.7 Å². The fraction of sp³-hybridized carbons (Fsp3) is 0.800. The van der Waals surface area contributed by atoms with E-state index in [-0.39, 0.29) is 12.1 Å². The zero-order valence-electron chi connectivity index (χ0n) is 12.9. The van der Waals surface area contributed by atoms with Gasteiger partial charge in [0.15, 0.2) is 0 Å². The minimum absolute atomic E-state index is 0.0366. The van der Waals surface area contributed by atoms with Gasteiger partial charge in [-0.2, -0.15) is 5.10 Å². The fourth-order valence-corrected chi connectivity index (χ4v) is 3.73. The number of rotatable bonds is 4. The van der Waals surface area contributed by atoms with Gasteiger partial charge in [-0.15, -0.1) is 0 Å². The fourth-order valence-electron chi connectivity index (χ4n) is 3.52. The topological polar surface area (TPSA) is 56.3 Å². The Hall–Kier alpha value is -0.620. The number of fused-ring (bicyclic) bond motifs is 1. The van der Waals surface area contributed by atoms with Crippen LogP contribution in [0.2, 0.25) is 5.02 Å². The molecule has 0 amide bonds. The summed E-state index contributed by atoms with van der Waals surface area (Å²) < 4.78 is 7.96. The highest BCUT2D eigenvalue weighted by molar-refractivity contribution is 6.31. The molecule has 3 rings (SSSR count). The van der Waals surface area contributed by atoms with Crippen LogP contribution in [0.4, 0.5) is 0 Å². The van der Waals surface area contributed by atoms with Crippen LogP contribution in [-0.4, -0.2) is 52.6 Å². The summed E-state index contributed by atoms with van der Waals surface area (Å²) in [6.07, 6.45) is 3.35. The number of aryl methyl sites for hydroxylation is 2. The van der Waals surface area contributed by atoms with Crippen LogP contribution in [0.15, 0.2) is 0 Å². The molecule has 21 heavy (non-hydrogen) atoms. The predicted octanol–water partition coefficient (Wildman–Crippen LogP) is 1.60. The molecule has 0 spiro atoms. The molecule has 3 unspecified atom stereocenters. The van der Waals surface area contributed by atoms with Crippen molar-refractivity contribution in [3.63, 3.8) is 0 Å². The molecule has 0 aliphatic carbocycles. The Morgan fingerprint density at radius 2 is 2.33 bits per heavy atom. The lowest BCUT2D eigenvalue weighted by Crippen LogP contribution is -2.53. The normalized spacial score (nSPS) is 27.8. The van der Waals surface area contributed by atoms with Crippen molar-refractivity contribution < 1.29 is 4.74 Å². The molecule has 2 fully saturated rings. The summed E-state index contributed by atoms with van der Waals surface area (Å²) in [5, 5.41) is 5.21. The van der Waals surface area contributed by atoms with Crippen molar-refractivity contribution in [3.8, 4) is 0 Å². The number of morpholine rings is 1. The maximum Gasteiger partial charge on any atom is 0.0857 e. The Balaban J connectivity index is 1.67. The molecule has 0 saturated carbocycles. The highest BCUT2D eigenvalue weighted by Gasteiger charge is 2.35. The maximum absolute atomic E-state index is 6.41. The van der Waals surface area contributed by atoms with Crippen molar-refractivity contribution in [3.05, 3.63) is 16.4 Å². The molecule has 2 saturated heterocycles. The molecule has 1 aromatic heterocycles. The number of aromatic nitrogens is 2. The lowest BCUT2D eigenvalue weighted by molar-refractivity contribution is -0.0591. The molecular weight excluding hydrogens is 288 g/mol. The first-order valence-electron chi connectivity index (χ1n) is 7.93. The molecule has 5 nitrogen and oxygen atoms in total. The third-order valence-electron chi connectivity index (χ3n) is 4.78. The highest BCUT2D eigenvalue weighted by atomic mass is 35.5. The van der Waals surface area contributed by atoms with Gasteiger partial charge in [0.1, 0.15) is 0 Å². The van der Waals surface area contributed by atoms with Gasteiger partial charge in [0.2, 0.25) is 0 Å². The molecule has 0 radical (unpaired) electrons. The monoisotopic (exact) mass is 312 g/mol. The van der Waals surface area contributed by atoms with E-state index in [1.165, 1.54) is 19.4 Å². The van der Waals surface area contributed by atoms with Gasteiger partial charge in [0.05, 0.1) is 29.1 Å². The number of nitrogens with zero attached hydrogens (tertiary/aromatic N) is 3. The van der Waals surface area contributed by atoms with Gasteiger partial charge in [0.25, 0.3) is 0 Å². The molecule has 118 valence electrons. The zero-order chi connectivity index (χ0) is 15.0. The number of ether oxygens (including phenoxy) is 1. The second-order valence-electron chi connectivity index (χ2n) is 6.19. The Morgan fingerprint density at radius 3 is 3.10 bits per heavy atom. The Labute approximate surface area is 131 Å². The molecular formula is C15H25ClN4O. The molecule has 1 aromatic rings. The van der Waals surface area contributed by atoms with E-state index < -0.39 is 0 Å². The summed E-state index contributed by atoms with van der Waals surface area (Å²) in [5.41, 5.74) is 8.33. The first-order valence-corrected chi connectivity index (χ1v) is 8.31. The minimum Gasteiger partial charge on any atom is -0.374 e. The second-order valence-corrected chi connectivity index (χ2v) is 6.57. The first kappa shape index (κ1) is 15.3. The van der Waals surface area contributed by atoms with Gasteiger partial charge in [-0.05, 0) is 33.2 Å². The predicted molar refractivity (Wildman–Crippen MR) is 83.7 cm³/mol. The third-order valence-corrected chi connectivity index (χ3v) is 5.27. The largest absolute Gasteiger partial charge is 0.374 e. The Morgan fingerprint density at radius 1 is 1.52 bits per heavy atom. The molecule has 0 aromatic carbocycles. The van der Waals surface area contributed by atoms with Crippen molar-refractivity contribution in [2.24, 2.45) is 5.73 Å². The summed E-state index contributed by atoms with van der Waals surface area (Å²) >= 11 is 6.37. The van der Waals surface area contributed by atoms with Gasteiger partial charge >= 0.3 is 0 Å². The standard InChI is InChI=1S/C15H25ClN4O/c1-3-20-13(15(16)10(2)18-20)7-12(17)14-8-19-6-4-5-11(19)9-21-14/h11-12,14H,3-9,17H2,1-2H3.